The second-order valence-corrected chi connectivity index (χ2v) is 5.73. The van der Waals surface area contributed by atoms with E-state index < -0.39 is 17.6 Å². The fourth-order valence-corrected chi connectivity index (χ4v) is 2.91. The number of carbonyl (C=O) groups is 1. The van der Waals surface area contributed by atoms with Gasteiger partial charge in [0.25, 0.3) is 0 Å². The van der Waals surface area contributed by atoms with Crippen molar-refractivity contribution in [3.8, 4) is 0 Å². The molecule has 0 amide bonds. The standard InChI is InChI=1S/C18H16F2N2O3/c1-10-5-13-14(9-25-2)17(18(23)24)21-7-16(13)22(10)8-11-3-4-12(19)6-15(11)20/h3-7H,8-9H2,1-2H3,(H,23,24). The van der Waals surface area contributed by atoms with Crippen molar-refractivity contribution in [3.63, 3.8) is 0 Å². The molecule has 3 aromatic rings. The van der Waals surface area contributed by atoms with E-state index in [2.05, 4.69) is 4.98 Å². The van der Waals surface area contributed by atoms with Gasteiger partial charge >= 0.3 is 5.97 Å². The molecule has 0 saturated heterocycles. The molecule has 0 saturated carbocycles. The van der Waals surface area contributed by atoms with Gasteiger partial charge in [0.2, 0.25) is 0 Å². The van der Waals surface area contributed by atoms with Gasteiger partial charge in [0.1, 0.15) is 11.6 Å². The maximum atomic E-state index is 14.0. The van der Waals surface area contributed by atoms with E-state index in [9.17, 15) is 18.7 Å². The first kappa shape index (κ1) is 17.0. The highest BCUT2D eigenvalue weighted by molar-refractivity contribution is 5.95. The van der Waals surface area contributed by atoms with Gasteiger partial charge in [0, 0.05) is 35.4 Å². The number of benzene rings is 1. The molecule has 0 unspecified atom stereocenters. The van der Waals surface area contributed by atoms with Crippen molar-refractivity contribution in [2.45, 2.75) is 20.1 Å². The SMILES string of the molecule is COCc1c(C(=O)O)ncc2c1cc(C)n2Cc1ccc(F)cc1F. The first-order chi connectivity index (χ1) is 11.9. The molecule has 5 nitrogen and oxygen atoms in total. The van der Waals surface area contributed by atoms with Crippen LogP contribution in [0.3, 0.4) is 0 Å². The third-order valence-corrected chi connectivity index (χ3v) is 4.11. The van der Waals surface area contributed by atoms with Crippen LogP contribution in [0.2, 0.25) is 0 Å². The number of aryl methyl sites for hydroxylation is 1. The summed E-state index contributed by atoms with van der Waals surface area (Å²) >= 11 is 0. The lowest BCUT2D eigenvalue weighted by Gasteiger charge is -2.11. The van der Waals surface area contributed by atoms with Gasteiger partial charge in [-0.05, 0) is 19.1 Å². The fraction of sp³-hybridized carbons (Fsp3) is 0.222. The number of pyridine rings is 1. The molecule has 0 aliphatic heterocycles. The van der Waals surface area contributed by atoms with Crippen LogP contribution in [0.1, 0.15) is 27.3 Å². The van der Waals surface area contributed by atoms with Crippen LogP contribution in [0.4, 0.5) is 8.78 Å². The molecule has 2 heterocycles. The molecule has 25 heavy (non-hydrogen) atoms. The molecule has 0 bridgehead atoms. The molecule has 2 aromatic heterocycles. The smallest absolute Gasteiger partial charge is 0.354 e. The summed E-state index contributed by atoms with van der Waals surface area (Å²) in [5.74, 6) is -2.40. The number of aromatic nitrogens is 2. The number of hydrogen-bond donors (Lipinski definition) is 1. The molecule has 3 rings (SSSR count). The zero-order chi connectivity index (χ0) is 18.1. The predicted octanol–water partition coefficient (Wildman–Crippen LogP) is 3.52. The van der Waals surface area contributed by atoms with Gasteiger partial charge in [-0.15, -0.1) is 0 Å². The van der Waals surface area contributed by atoms with E-state index in [0.717, 1.165) is 11.8 Å². The summed E-state index contributed by atoms with van der Waals surface area (Å²) in [4.78, 5) is 15.4. The lowest BCUT2D eigenvalue weighted by Crippen LogP contribution is -2.08. The Kier molecular flexibility index (Phi) is 4.50. The van der Waals surface area contributed by atoms with Gasteiger partial charge in [-0.3, -0.25) is 0 Å². The largest absolute Gasteiger partial charge is 0.477 e. The van der Waals surface area contributed by atoms with Crippen LogP contribution in [-0.2, 0) is 17.9 Å². The number of fused-ring (bicyclic) bond motifs is 1. The van der Waals surface area contributed by atoms with E-state index in [0.29, 0.717) is 22.0 Å². The third kappa shape index (κ3) is 3.10. The van der Waals surface area contributed by atoms with Crippen molar-refractivity contribution in [2.75, 3.05) is 7.11 Å². The lowest BCUT2D eigenvalue weighted by molar-refractivity contribution is 0.0685. The third-order valence-electron chi connectivity index (χ3n) is 4.11. The van der Waals surface area contributed by atoms with Crippen LogP contribution in [-0.4, -0.2) is 27.7 Å². The molecular weight excluding hydrogens is 330 g/mol. The summed E-state index contributed by atoms with van der Waals surface area (Å²) in [6.45, 7) is 2.11. The van der Waals surface area contributed by atoms with E-state index in [1.807, 2.05) is 17.6 Å². The number of carboxylic acid groups (broad SMARTS) is 1. The minimum atomic E-state index is -1.14. The number of halogens is 2. The Bertz CT molecular complexity index is 967. The number of carboxylic acids is 1. The number of ether oxygens (including phenoxy) is 1. The van der Waals surface area contributed by atoms with E-state index in [1.165, 1.54) is 25.4 Å². The van der Waals surface area contributed by atoms with Crippen LogP contribution in [0, 0.1) is 18.6 Å². The Morgan fingerprint density at radius 3 is 2.72 bits per heavy atom. The molecule has 7 heteroatoms. The summed E-state index contributed by atoms with van der Waals surface area (Å²) < 4.78 is 34.0. The maximum absolute atomic E-state index is 14.0. The second kappa shape index (κ2) is 6.60. The number of nitrogens with zero attached hydrogens (tertiary/aromatic N) is 2. The molecule has 0 aliphatic rings. The number of rotatable bonds is 5. The Morgan fingerprint density at radius 2 is 2.08 bits per heavy atom. The highest BCUT2D eigenvalue weighted by Gasteiger charge is 2.19. The fourth-order valence-electron chi connectivity index (χ4n) is 2.91. The number of hydrogen-bond acceptors (Lipinski definition) is 3. The van der Waals surface area contributed by atoms with Crippen molar-refractivity contribution in [1.82, 2.24) is 9.55 Å². The highest BCUT2D eigenvalue weighted by atomic mass is 19.1. The van der Waals surface area contributed by atoms with Crippen molar-refractivity contribution in [2.24, 2.45) is 0 Å². The average molecular weight is 346 g/mol. The molecule has 1 N–H and O–H groups in total. The number of methoxy groups -OCH3 is 1. The summed E-state index contributed by atoms with van der Waals surface area (Å²) in [6, 6.07) is 5.26. The summed E-state index contributed by atoms with van der Waals surface area (Å²) in [5.41, 5.74) is 2.20. The monoisotopic (exact) mass is 346 g/mol. The highest BCUT2D eigenvalue weighted by Crippen LogP contribution is 2.27. The van der Waals surface area contributed by atoms with Crippen LogP contribution in [0.15, 0.2) is 30.5 Å². The molecular formula is C18H16F2N2O3. The van der Waals surface area contributed by atoms with Gasteiger partial charge in [0.05, 0.1) is 24.9 Å². The van der Waals surface area contributed by atoms with Crippen LogP contribution in [0.25, 0.3) is 10.9 Å². The molecule has 0 atom stereocenters. The lowest BCUT2D eigenvalue weighted by atomic mass is 10.1. The molecule has 0 radical (unpaired) electrons. The minimum Gasteiger partial charge on any atom is -0.477 e. The maximum Gasteiger partial charge on any atom is 0.354 e. The molecule has 1 aromatic carbocycles. The van der Waals surface area contributed by atoms with Gasteiger partial charge in [-0.25, -0.2) is 18.6 Å². The Morgan fingerprint density at radius 1 is 1.32 bits per heavy atom. The Hall–Kier alpha value is -2.80. The molecule has 0 fully saturated rings. The van der Waals surface area contributed by atoms with E-state index in [1.54, 1.807) is 0 Å². The van der Waals surface area contributed by atoms with Crippen LogP contribution < -0.4 is 0 Å². The first-order valence-corrected chi connectivity index (χ1v) is 7.56. The van der Waals surface area contributed by atoms with Crippen molar-refractivity contribution in [1.29, 1.82) is 0 Å². The molecule has 0 aliphatic carbocycles. The van der Waals surface area contributed by atoms with Crippen molar-refractivity contribution >= 4 is 16.9 Å². The first-order valence-electron chi connectivity index (χ1n) is 7.56. The second-order valence-electron chi connectivity index (χ2n) is 5.73. The van der Waals surface area contributed by atoms with Crippen molar-refractivity contribution in [3.05, 3.63) is 64.6 Å². The van der Waals surface area contributed by atoms with Crippen LogP contribution in [0.5, 0.6) is 0 Å². The van der Waals surface area contributed by atoms with Crippen molar-refractivity contribution < 1.29 is 23.4 Å². The quantitative estimate of drug-likeness (QED) is 0.768. The Balaban J connectivity index is 2.15. The molecule has 130 valence electrons. The van der Waals surface area contributed by atoms with Gasteiger partial charge in [-0.2, -0.15) is 0 Å². The normalized spacial score (nSPS) is 11.2. The summed E-state index contributed by atoms with van der Waals surface area (Å²) in [5, 5.41) is 10.0. The zero-order valence-corrected chi connectivity index (χ0v) is 13.7. The Labute approximate surface area is 142 Å². The average Bonchev–Trinajstić information content (AvgIpc) is 2.86. The summed E-state index contributed by atoms with van der Waals surface area (Å²) in [6.07, 6.45) is 1.45. The number of aromatic carboxylic acids is 1. The predicted molar refractivity (Wildman–Crippen MR) is 87.6 cm³/mol. The van der Waals surface area contributed by atoms with Gasteiger partial charge in [-0.1, -0.05) is 6.07 Å². The van der Waals surface area contributed by atoms with Gasteiger partial charge in [0.15, 0.2) is 5.69 Å². The van der Waals surface area contributed by atoms with Gasteiger partial charge < -0.3 is 14.4 Å². The molecule has 0 spiro atoms. The van der Waals surface area contributed by atoms with E-state index in [-0.39, 0.29) is 18.8 Å². The topological polar surface area (TPSA) is 64.3 Å². The van der Waals surface area contributed by atoms with Crippen LogP contribution >= 0.6 is 0 Å². The summed E-state index contributed by atoms with van der Waals surface area (Å²) in [7, 11) is 1.47. The van der Waals surface area contributed by atoms with E-state index in [4.69, 9.17) is 4.74 Å². The minimum absolute atomic E-state index is 0.0699. The van der Waals surface area contributed by atoms with E-state index >= 15 is 0 Å². The zero-order valence-electron chi connectivity index (χ0n) is 13.7.